The Hall–Kier alpha value is -0.620. The summed E-state index contributed by atoms with van der Waals surface area (Å²) in [5, 5.41) is 3.12. The lowest BCUT2D eigenvalue weighted by Crippen LogP contribution is -2.42. The molecule has 1 saturated heterocycles. The lowest BCUT2D eigenvalue weighted by atomic mass is 10.3. The molecule has 0 radical (unpaired) electrons. The van der Waals surface area contributed by atoms with E-state index in [-0.39, 0.29) is 17.7 Å². The first-order valence-corrected chi connectivity index (χ1v) is 7.66. The van der Waals surface area contributed by atoms with Crippen LogP contribution in [0.3, 0.4) is 0 Å². The SMILES string of the molecule is CC1NCCCN(CCCS(C)(=O)=O)C1=O. The van der Waals surface area contributed by atoms with Gasteiger partial charge in [-0.2, -0.15) is 0 Å². The van der Waals surface area contributed by atoms with Gasteiger partial charge in [-0.05, 0) is 26.3 Å². The second-order valence-electron chi connectivity index (χ2n) is 4.34. The standard InChI is InChI=1S/C10H20N2O3S/c1-9-10(13)12(6-3-5-11-9)7-4-8-16(2,14)15/h9,11H,3-8H2,1-2H3. The summed E-state index contributed by atoms with van der Waals surface area (Å²) < 4.78 is 21.9. The summed E-state index contributed by atoms with van der Waals surface area (Å²) in [5.41, 5.74) is 0. The highest BCUT2D eigenvalue weighted by atomic mass is 32.2. The predicted octanol–water partition coefficient (Wildman–Crippen LogP) is -0.368. The van der Waals surface area contributed by atoms with Crippen LogP contribution in [0.4, 0.5) is 0 Å². The van der Waals surface area contributed by atoms with Crippen LogP contribution in [0.2, 0.25) is 0 Å². The Morgan fingerprint density at radius 1 is 1.50 bits per heavy atom. The van der Waals surface area contributed by atoms with Crippen molar-refractivity contribution >= 4 is 15.7 Å². The fourth-order valence-corrected chi connectivity index (χ4v) is 2.45. The van der Waals surface area contributed by atoms with Gasteiger partial charge in [-0.3, -0.25) is 4.79 Å². The molecule has 0 aliphatic carbocycles. The van der Waals surface area contributed by atoms with E-state index in [0.717, 1.165) is 19.5 Å². The van der Waals surface area contributed by atoms with Crippen LogP contribution in [0.25, 0.3) is 0 Å². The monoisotopic (exact) mass is 248 g/mol. The van der Waals surface area contributed by atoms with Gasteiger partial charge in [0.1, 0.15) is 9.84 Å². The number of hydrogen-bond donors (Lipinski definition) is 1. The average Bonchev–Trinajstić information content (AvgIpc) is 2.31. The number of amides is 1. The molecule has 16 heavy (non-hydrogen) atoms. The molecule has 1 fully saturated rings. The van der Waals surface area contributed by atoms with E-state index in [0.29, 0.717) is 13.0 Å². The lowest BCUT2D eigenvalue weighted by Gasteiger charge is -2.22. The third-order valence-electron chi connectivity index (χ3n) is 2.68. The Balaban J connectivity index is 2.43. The molecule has 0 bridgehead atoms. The third-order valence-corrected chi connectivity index (χ3v) is 3.71. The lowest BCUT2D eigenvalue weighted by molar-refractivity contribution is -0.132. The maximum Gasteiger partial charge on any atom is 0.239 e. The Morgan fingerprint density at radius 2 is 2.19 bits per heavy atom. The van der Waals surface area contributed by atoms with Crippen molar-refractivity contribution in [1.29, 1.82) is 0 Å². The van der Waals surface area contributed by atoms with Crippen LogP contribution in [0, 0.1) is 0 Å². The molecule has 1 N–H and O–H groups in total. The Bertz CT molecular complexity index is 340. The van der Waals surface area contributed by atoms with Crippen LogP contribution >= 0.6 is 0 Å². The van der Waals surface area contributed by atoms with Crippen LogP contribution in [-0.4, -0.2) is 56.9 Å². The van der Waals surface area contributed by atoms with Crippen LogP contribution in [0.5, 0.6) is 0 Å². The van der Waals surface area contributed by atoms with Crippen molar-refractivity contribution in [2.45, 2.75) is 25.8 Å². The molecular weight excluding hydrogens is 228 g/mol. The van der Waals surface area contributed by atoms with Crippen molar-refractivity contribution in [2.24, 2.45) is 0 Å². The summed E-state index contributed by atoms with van der Waals surface area (Å²) in [5.74, 6) is 0.226. The summed E-state index contributed by atoms with van der Waals surface area (Å²) in [7, 11) is -2.92. The first-order valence-electron chi connectivity index (χ1n) is 5.60. The molecule has 1 rings (SSSR count). The van der Waals surface area contributed by atoms with Crippen LogP contribution < -0.4 is 5.32 Å². The molecule has 0 aromatic carbocycles. The largest absolute Gasteiger partial charge is 0.341 e. The summed E-state index contributed by atoms with van der Waals surface area (Å²) in [6.07, 6.45) is 2.67. The van der Waals surface area contributed by atoms with E-state index >= 15 is 0 Å². The van der Waals surface area contributed by atoms with Gasteiger partial charge < -0.3 is 10.2 Å². The Morgan fingerprint density at radius 3 is 2.81 bits per heavy atom. The number of nitrogens with one attached hydrogen (secondary N) is 1. The van der Waals surface area contributed by atoms with Crippen LogP contribution in [0.15, 0.2) is 0 Å². The van der Waals surface area contributed by atoms with Crippen molar-refractivity contribution in [1.82, 2.24) is 10.2 Å². The van der Waals surface area contributed by atoms with Crippen molar-refractivity contribution in [3.8, 4) is 0 Å². The van der Waals surface area contributed by atoms with E-state index in [9.17, 15) is 13.2 Å². The summed E-state index contributed by atoms with van der Waals surface area (Å²) in [6.45, 7) is 3.95. The van der Waals surface area contributed by atoms with Crippen LogP contribution in [-0.2, 0) is 14.6 Å². The molecule has 94 valence electrons. The maximum absolute atomic E-state index is 11.8. The van der Waals surface area contributed by atoms with Gasteiger partial charge in [0.25, 0.3) is 0 Å². The van der Waals surface area contributed by atoms with Gasteiger partial charge in [0.15, 0.2) is 0 Å². The fourth-order valence-electron chi connectivity index (χ4n) is 1.80. The van der Waals surface area contributed by atoms with Crippen LogP contribution in [0.1, 0.15) is 19.8 Å². The molecule has 1 aliphatic heterocycles. The van der Waals surface area contributed by atoms with Gasteiger partial charge >= 0.3 is 0 Å². The molecule has 1 heterocycles. The van der Waals surface area contributed by atoms with E-state index in [1.165, 1.54) is 6.26 Å². The zero-order valence-corrected chi connectivity index (χ0v) is 10.7. The summed E-state index contributed by atoms with van der Waals surface area (Å²) in [4.78, 5) is 13.6. The first-order chi connectivity index (χ1) is 7.40. The van der Waals surface area contributed by atoms with Gasteiger partial charge in [0.05, 0.1) is 11.8 Å². The molecule has 0 aromatic rings. The number of carbonyl (C=O) groups is 1. The molecule has 1 amide bonds. The zero-order valence-electron chi connectivity index (χ0n) is 9.90. The van der Waals surface area contributed by atoms with Gasteiger partial charge in [0, 0.05) is 19.3 Å². The average molecular weight is 248 g/mol. The summed E-state index contributed by atoms with van der Waals surface area (Å²) >= 11 is 0. The highest BCUT2D eigenvalue weighted by Gasteiger charge is 2.22. The van der Waals surface area contributed by atoms with Crippen molar-refractivity contribution in [3.63, 3.8) is 0 Å². The second kappa shape index (κ2) is 5.63. The Labute approximate surface area is 97.1 Å². The number of rotatable bonds is 4. The van der Waals surface area contributed by atoms with E-state index in [2.05, 4.69) is 5.32 Å². The highest BCUT2D eigenvalue weighted by Crippen LogP contribution is 2.04. The number of carbonyl (C=O) groups excluding carboxylic acids is 1. The normalized spacial score (nSPS) is 23.2. The van der Waals surface area contributed by atoms with E-state index < -0.39 is 9.84 Å². The molecule has 6 heteroatoms. The smallest absolute Gasteiger partial charge is 0.239 e. The first kappa shape index (κ1) is 13.4. The van der Waals surface area contributed by atoms with Gasteiger partial charge in [-0.25, -0.2) is 8.42 Å². The second-order valence-corrected chi connectivity index (χ2v) is 6.60. The minimum absolute atomic E-state index is 0.0750. The third kappa shape index (κ3) is 4.49. The highest BCUT2D eigenvalue weighted by molar-refractivity contribution is 7.90. The minimum atomic E-state index is -2.92. The van der Waals surface area contributed by atoms with Gasteiger partial charge in [-0.15, -0.1) is 0 Å². The summed E-state index contributed by atoms with van der Waals surface area (Å²) in [6, 6.07) is -0.152. The molecule has 1 atom stereocenters. The molecular formula is C10H20N2O3S. The molecule has 5 nitrogen and oxygen atoms in total. The molecule has 1 unspecified atom stereocenters. The predicted molar refractivity (Wildman–Crippen MR) is 63.0 cm³/mol. The molecule has 1 aliphatic rings. The number of hydrogen-bond acceptors (Lipinski definition) is 4. The van der Waals surface area contributed by atoms with E-state index in [1.54, 1.807) is 4.90 Å². The fraction of sp³-hybridized carbons (Fsp3) is 0.900. The maximum atomic E-state index is 11.8. The number of sulfone groups is 1. The molecule has 0 saturated carbocycles. The zero-order chi connectivity index (χ0) is 12.2. The molecule has 0 spiro atoms. The van der Waals surface area contributed by atoms with Gasteiger partial charge in [0.2, 0.25) is 5.91 Å². The Kier molecular flexibility index (Phi) is 4.73. The minimum Gasteiger partial charge on any atom is -0.341 e. The quantitative estimate of drug-likeness (QED) is 0.737. The topological polar surface area (TPSA) is 66.5 Å². The van der Waals surface area contributed by atoms with Gasteiger partial charge in [-0.1, -0.05) is 0 Å². The van der Waals surface area contributed by atoms with E-state index in [4.69, 9.17) is 0 Å². The number of nitrogens with zero attached hydrogens (tertiary/aromatic N) is 1. The van der Waals surface area contributed by atoms with Crippen molar-refractivity contribution < 1.29 is 13.2 Å². The van der Waals surface area contributed by atoms with Crippen molar-refractivity contribution in [2.75, 3.05) is 31.6 Å². The van der Waals surface area contributed by atoms with Crippen molar-refractivity contribution in [3.05, 3.63) is 0 Å². The van der Waals surface area contributed by atoms with E-state index in [1.807, 2.05) is 6.92 Å². The molecule has 0 aromatic heterocycles.